The Morgan fingerprint density at radius 3 is 2.94 bits per heavy atom. The summed E-state index contributed by atoms with van der Waals surface area (Å²) < 4.78 is 0. The molecule has 88 valence electrons. The second-order valence-corrected chi connectivity index (χ2v) is 4.74. The van der Waals surface area contributed by atoms with E-state index < -0.39 is 5.97 Å². The van der Waals surface area contributed by atoms with Crippen LogP contribution in [0.4, 0.5) is 0 Å². The Morgan fingerprint density at radius 1 is 1.62 bits per heavy atom. The van der Waals surface area contributed by atoms with Crippen molar-refractivity contribution < 1.29 is 9.90 Å². The van der Waals surface area contributed by atoms with Crippen molar-refractivity contribution in [2.24, 2.45) is 5.92 Å². The first-order chi connectivity index (χ1) is 7.66. The smallest absolute Gasteiger partial charge is 0.306 e. The monoisotopic (exact) mass is 222 g/mol. The lowest BCUT2D eigenvalue weighted by molar-refractivity contribution is -0.141. The average Bonchev–Trinajstić information content (AvgIpc) is 2.85. The van der Waals surface area contributed by atoms with Crippen LogP contribution in [0.3, 0.4) is 0 Å². The van der Waals surface area contributed by atoms with E-state index in [1.165, 1.54) is 25.7 Å². The Morgan fingerprint density at radius 2 is 2.31 bits per heavy atom. The topological polar surface area (TPSA) is 66.0 Å². The Kier molecular flexibility index (Phi) is 3.27. The summed E-state index contributed by atoms with van der Waals surface area (Å²) in [5.41, 5.74) is 2.06. The molecule has 4 nitrogen and oxygen atoms in total. The first-order valence-corrected chi connectivity index (χ1v) is 5.94. The van der Waals surface area contributed by atoms with E-state index in [1.807, 2.05) is 6.07 Å². The molecule has 1 aromatic rings. The van der Waals surface area contributed by atoms with Gasteiger partial charge in [0.1, 0.15) is 0 Å². The predicted molar refractivity (Wildman–Crippen MR) is 60.3 cm³/mol. The number of aliphatic carboxylic acids is 1. The molecule has 16 heavy (non-hydrogen) atoms. The van der Waals surface area contributed by atoms with E-state index in [9.17, 15) is 4.79 Å². The molecule has 0 radical (unpaired) electrons. The van der Waals surface area contributed by atoms with E-state index in [0.29, 0.717) is 12.3 Å². The molecule has 1 aliphatic rings. The Labute approximate surface area is 95.1 Å². The van der Waals surface area contributed by atoms with Crippen molar-refractivity contribution in [3.8, 4) is 0 Å². The fraction of sp³-hybridized carbons (Fsp3) is 0.667. The lowest BCUT2D eigenvalue weighted by atomic mass is 10.0. The third kappa shape index (κ3) is 2.43. The first-order valence-electron chi connectivity index (χ1n) is 5.94. The van der Waals surface area contributed by atoms with Crippen molar-refractivity contribution in [1.82, 2.24) is 10.2 Å². The summed E-state index contributed by atoms with van der Waals surface area (Å²) in [5, 5.41) is 16.1. The summed E-state index contributed by atoms with van der Waals surface area (Å²) in [7, 11) is 0. The molecule has 0 aromatic carbocycles. The van der Waals surface area contributed by atoms with Gasteiger partial charge in [0.15, 0.2) is 0 Å². The van der Waals surface area contributed by atoms with Crippen molar-refractivity contribution in [3.63, 3.8) is 0 Å². The maximum absolute atomic E-state index is 10.7. The number of aromatic amines is 1. The number of carboxylic acid groups (broad SMARTS) is 1. The summed E-state index contributed by atoms with van der Waals surface area (Å²) >= 11 is 0. The zero-order valence-corrected chi connectivity index (χ0v) is 9.57. The number of aromatic nitrogens is 2. The number of nitrogens with one attached hydrogen (secondary N) is 1. The summed E-state index contributed by atoms with van der Waals surface area (Å²) in [6.45, 7) is 1.72. The van der Waals surface area contributed by atoms with Gasteiger partial charge in [-0.15, -0.1) is 0 Å². The summed E-state index contributed by atoms with van der Waals surface area (Å²) in [5.74, 6) is -0.515. The van der Waals surface area contributed by atoms with Gasteiger partial charge >= 0.3 is 5.97 Å². The Balaban J connectivity index is 1.99. The molecule has 0 amide bonds. The van der Waals surface area contributed by atoms with Crippen LogP contribution in [0, 0.1) is 5.92 Å². The number of rotatable bonds is 4. The molecule has 4 heteroatoms. The van der Waals surface area contributed by atoms with E-state index in [0.717, 1.165) is 11.4 Å². The molecule has 2 rings (SSSR count). The van der Waals surface area contributed by atoms with Gasteiger partial charge in [0.25, 0.3) is 0 Å². The SMILES string of the molecule is CC(Cc1cc(C2CCCC2)n[nH]1)C(=O)O. The zero-order valence-electron chi connectivity index (χ0n) is 9.57. The zero-order chi connectivity index (χ0) is 11.5. The van der Waals surface area contributed by atoms with Crippen LogP contribution in [0.1, 0.15) is 49.9 Å². The van der Waals surface area contributed by atoms with Crippen molar-refractivity contribution in [2.75, 3.05) is 0 Å². The minimum Gasteiger partial charge on any atom is -0.481 e. The third-order valence-electron chi connectivity index (χ3n) is 3.37. The van der Waals surface area contributed by atoms with Gasteiger partial charge in [0.2, 0.25) is 0 Å². The van der Waals surface area contributed by atoms with Crippen LogP contribution in [0.25, 0.3) is 0 Å². The molecule has 0 saturated heterocycles. The van der Waals surface area contributed by atoms with E-state index in [4.69, 9.17) is 5.11 Å². The number of carbonyl (C=O) groups is 1. The predicted octanol–water partition coefficient (Wildman–Crippen LogP) is 2.33. The lowest BCUT2D eigenvalue weighted by Gasteiger charge is -2.03. The van der Waals surface area contributed by atoms with Crippen molar-refractivity contribution in [1.29, 1.82) is 0 Å². The number of H-pyrrole nitrogens is 1. The normalized spacial score (nSPS) is 18.8. The molecule has 1 atom stereocenters. The summed E-state index contributed by atoms with van der Waals surface area (Å²) in [6, 6.07) is 2.04. The van der Waals surface area contributed by atoms with E-state index in [1.54, 1.807) is 6.92 Å². The molecule has 1 aliphatic carbocycles. The third-order valence-corrected chi connectivity index (χ3v) is 3.37. The highest BCUT2D eigenvalue weighted by molar-refractivity contribution is 5.69. The molecule has 1 unspecified atom stereocenters. The van der Waals surface area contributed by atoms with Crippen molar-refractivity contribution in [3.05, 3.63) is 17.5 Å². The van der Waals surface area contributed by atoms with Gasteiger partial charge in [-0.3, -0.25) is 9.89 Å². The highest BCUT2D eigenvalue weighted by Crippen LogP contribution is 2.33. The van der Waals surface area contributed by atoms with Crippen LogP contribution >= 0.6 is 0 Å². The molecule has 1 heterocycles. The largest absolute Gasteiger partial charge is 0.481 e. The van der Waals surface area contributed by atoms with E-state index in [-0.39, 0.29) is 5.92 Å². The van der Waals surface area contributed by atoms with Gasteiger partial charge in [0.05, 0.1) is 11.6 Å². The quantitative estimate of drug-likeness (QED) is 0.821. The molecule has 1 fully saturated rings. The first kappa shape index (κ1) is 11.2. The van der Waals surface area contributed by atoms with Gasteiger partial charge in [0, 0.05) is 18.0 Å². The van der Waals surface area contributed by atoms with Gasteiger partial charge in [-0.25, -0.2) is 0 Å². The molecule has 0 spiro atoms. The highest BCUT2D eigenvalue weighted by atomic mass is 16.4. The molecule has 1 saturated carbocycles. The van der Waals surface area contributed by atoms with Gasteiger partial charge in [-0.05, 0) is 18.9 Å². The van der Waals surface area contributed by atoms with E-state index >= 15 is 0 Å². The molecule has 1 aromatic heterocycles. The molecule has 0 aliphatic heterocycles. The maximum atomic E-state index is 10.7. The molecular weight excluding hydrogens is 204 g/mol. The average molecular weight is 222 g/mol. The second-order valence-electron chi connectivity index (χ2n) is 4.74. The number of carboxylic acids is 1. The minimum atomic E-state index is -0.753. The van der Waals surface area contributed by atoms with Gasteiger partial charge in [-0.1, -0.05) is 19.8 Å². The maximum Gasteiger partial charge on any atom is 0.306 e. The van der Waals surface area contributed by atoms with Crippen LogP contribution in [0.15, 0.2) is 6.07 Å². The second kappa shape index (κ2) is 4.68. The number of hydrogen-bond donors (Lipinski definition) is 2. The molecular formula is C12H18N2O2. The molecule has 2 N–H and O–H groups in total. The van der Waals surface area contributed by atoms with Crippen molar-refractivity contribution in [2.45, 2.75) is 44.9 Å². The Bertz CT molecular complexity index is 367. The summed E-state index contributed by atoms with van der Waals surface area (Å²) in [4.78, 5) is 10.7. The van der Waals surface area contributed by atoms with E-state index in [2.05, 4.69) is 10.2 Å². The standard InChI is InChI=1S/C12H18N2O2/c1-8(12(15)16)6-10-7-11(14-13-10)9-4-2-3-5-9/h7-9H,2-6H2,1H3,(H,13,14)(H,15,16). The van der Waals surface area contributed by atoms with Crippen LogP contribution in [0.5, 0.6) is 0 Å². The molecule has 0 bridgehead atoms. The number of nitrogens with zero attached hydrogens (tertiary/aromatic N) is 1. The van der Waals surface area contributed by atoms with Crippen LogP contribution < -0.4 is 0 Å². The Hall–Kier alpha value is -1.32. The number of hydrogen-bond acceptors (Lipinski definition) is 2. The van der Waals surface area contributed by atoms with Crippen LogP contribution in [-0.4, -0.2) is 21.3 Å². The van der Waals surface area contributed by atoms with Gasteiger partial charge < -0.3 is 5.11 Å². The van der Waals surface area contributed by atoms with Crippen molar-refractivity contribution >= 4 is 5.97 Å². The van der Waals surface area contributed by atoms with Gasteiger partial charge in [-0.2, -0.15) is 5.10 Å². The van der Waals surface area contributed by atoms with Crippen LogP contribution in [0.2, 0.25) is 0 Å². The minimum absolute atomic E-state index is 0.350. The summed E-state index contributed by atoms with van der Waals surface area (Å²) in [6.07, 6.45) is 5.56. The highest BCUT2D eigenvalue weighted by Gasteiger charge is 2.20. The fourth-order valence-electron chi connectivity index (χ4n) is 2.33. The fourth-order valence-corrected chi connectivity index (χ4v) is 2.33. The lowest BCUT2D eigenvalue weighted by Crippen LogP contribution is -2.12. The van der Waals surface area contributed by atoms with Crippen LogP contribution in [-0.2, 0) is 11.2 Å².